The van der Waals surface area contributed by atoms with Crippen molar-refractivity contribution in [2.45, 2.75) is 43.5 Å². The highest BCUT2D eigenvalue weighted by Gasteiger charge is 2.32. The number of pyridine rings is 1. The minimum absolute atomic E-state index is 0.000343. The molecular formula is C19H25N3O4S. The molecule has 1 amide bonds. The van der Waals surface area contributed by atoms with E-state index >= 15 is 0 Å². The summed E-state index contributed by atoms with van der Waals surface area (Å²) in [5.74, 6) is 0.752. The Hall–Kier alpha value is -2.19. The van der Waals surface area contributed by atoms with Crippen LogP contribution in [0.1, 0.15) is 31.9 Å². The van der Waals surface area contributed by atoms with Crippen molar-refractivity contribution in [3.63, 3.8) is 0 Å². The maximum absolute atomic E-state index is 12.6. The number of carbonyl (C=O) groups excluding carboxylic acids is 1. The van der Waals surface area contributed by atoms with Crippen LogP contribution in [-0.2, 0) is 21.2 Å². The van der Waals surface area contributed by atoms with Crippen molar-refractivity contribution in [2.24, 2.45) is 5.92 Å². The lowest BCUT2D eigenvalue weighted by molar-refractivity contribution is -0.126. The van der Waals surface area contributed by atoms with E-state index in [1.165, 1.54) is 10.5 Å². The van der Waals surface area contributed by atoms with E-state index in [1.54, 1.807) is 24.6 Å². The van der Waals surface area contributed by atoms with Gasteiger partial charge in [-0.2, -0.15) is 4.31 Å². The Balaban J connectivity index is 1.47. The molecule has 0 aromatic carbocycles. The predicted molar refractivity (Wildman–Crippen MR) is 100 cm³/mol. The third-order valence-electron chi connectivity index (χ3n) is 4.89. The van der Waals surface area contributed by atoms with E-state index in [4.69, 9.17) is 4.42 Å². The number of piperidine rings is 1. The highest BCUT2D eigenvalue weighted by atomic mass is 32.2. The standard InChI is InChI=1S/C19H25N3O4S/c1-15(6-7-17-4-3-13-26-17)21-19(23)16-8-11-22(12-9-16)27(24,25)18-5-2-10-20-14-18/h2-5,10,13-16H,6-9,11-12H2,1H3,(H,21,23). The SMILES string of the molecule is CC(CCc1ccco1)NC(=O)C1CCN(S(=O)(=O)c2cccnc2)CC1. The van der Waals surface area contributed by atoms with Crippen LogP contribution in [-0.4, -0.2) is 42.7 Å². The first kappa shape index (κ1) is 19.6. The van der Waals surface area contributed by atoms with E-state index in [0.29, 0.717) is 25.9 Å². The molecule has 3 rings (SSSR count). The molecule has 2 aromatic rings. The number of rotatable bonds is 7. The summed E-state index contributed by atoms with van der Waals surface area (Å²) in [7, 11) is -3.54. The lowest BCUT2D eigenvalue weighted by atomic mass is 9.96. The number of carbonyl (C=O) groups is 1. The fourth-order valence-electron chi connectivity index (χ4n) is 3.25. The van der Waals surface area contributed by atoms with E-state index in [0.717, 1.165) is 18.6 Å². The quantitative estimate of drug-likeness (QED) is 0.781. The molecule has 146 valence electrons. The Bertz CT molecular complexity index is 829. The van der Waals surface area contributed by atoms with E-state index < -0.39 is 10.0 Å². The zero-order valence-electron chi connectivity index (χ0n) is 15.4. The van der Waals surface area contributed by atoms with Gasteiger partial charge in [0.05, 0.1) is 6.26 Å². The molecule has 0 radical (unpaired) electrons. The van der Waals surface area contributed by atoms with Crippen molar-refractivity contribution in [2.75, 3.05) is 13.1 Å². The number of furan rings is 1. The average Bonchev–Trinajstić information content (AvgIpc) is 3.21. The zero-order chi connectivity index (χ0) is 19.3. The second kappa shape index (κ2) is 8.67. The van der Waals surface area contributed by atoms with Crippen molar-refractivity contribution >= 4 is 15.9 Å². The first-order chi connectivity index (χ1) is 13.0. The molecule has 1 N–H and O–H groups in total. The molecule has 7 nitrogen and oxygen atoms in total. The number of nitrogens with one attached hydrogen (secondary N) is 1. The van der Waals surface area contributed by atoms with Crippen molar-refractivity contribution in [1.29, 1.82) is 0 Å². The lowest BCUT2D eigenvalue weighted by Gasteiger charge is -2.31. The first-order valence-electron chi connectivity index (χ1n) is 9.20. The molecule has 0 aliphatic carbocycles. The topological polar surface area (TPSA) is 92.5 Å². The number of nitrogens with zero attached hydrogens (tertiary/aromatic N) is 2. The van der Waals surface area contributed by atoms with Crippen LogP contribution in [0.3, 0.4) is 0 Å². The summed E-state index contributed by atoms with van der Waals surface area (Å²) in [6, 6.07) is 6.97. The Kier molecular flexibility index (Phi) is 6.28. The second-order valence-corrected chi connectivity index (χ2v) is 8.83. The van der Waals surface area contributed by atoms with Crippen molar-refractivity contribution in [1.82, 2.24) is 14.6 Å². The van der Waals surface area contributed by atoms with Crippen LogP contribution < -0.4 is 5.32 Å². The van der Waals surface area contributed by atoms with Crippen LogP contribution >= 0.6 is 0 Å². The lowest BCUT2D eigenvalue weighted by Crippen LogP contribution is -2.44. The van der Waals surface area contributed by atoms with Crippen molar-refractivity contribution < 1.29 is 17.6 Å². The van der Waals surface area contributed by atoms with Gasteiger partial charge < -0.3 is 9.73 Å². The summed E-state index contributed by atoms with van der Waals surface area (Å²) in [5.41, 5.74) is 0. The Labute approximate surface area is 159 Å². The van der Waals surface area contributed by atoms with Gasteiger partial charge in [0.25, 0.3) is 0 Å². The number of aromatic nitrogens is 1. The Morgan fingerprint density at radius 2 is 2.11 bits per heavy atom. The van der Waals surface area contributed by atoms with Gasteiger partial charge in [0, 0.05) is 43.9 Å². The summed E-state index contributed by atoms with van der Waals surface area (Å²) >= 11 is 0. The van der Waals surface area contributed by atoms with Gasteiger partial charge >= 0.3 is 0 Å². The molecule has 1 saturated heterocycles. The van der Waals surface area contributed by atoms with Gasteiger partial charge in [-0.3, -0.25) is 9.78 Å². The van der Waals surface area contributed by atoms with E-state index in [2.05, 4.69) is 10.3 Å². The fraction of sp³-hybridized carbons (Fsp3) is 0.474. The van der Waals surface area contributed by atoms with Gasteiger partial charge in [0.15, 0.2) is 0 Å². The van der Waals surface area contributed by atoms with Crippen LogP contribution in [0.5, 0.6) is 0 Å². The minimum Gasteiger partial charge on any atom is -0.469 e. The molecule has 3 heterocycles. The predicted octanol–water partition coefficient (Wildman–Crippen LogP) is 2.21. The summed E-state index contributed by atoms with van der Waals surface area (Å²) in [6.45, 7) is 2.66. The summed E-state index contributed by atoms with van der Waals surface area (Å²) in [5, 5.41) is 3.04. The minimum atomic E-state index is -3.54. The third kappa shape index (κ3) is 4.95. The number of hydrogen-bond acceptors (Lipinski definition) is 5. The molecule has 27 heavy (non-hydrogen) atoms. The third-order valence-corrected chi connectivity index (χ3v) is 6.77. The van der Waals surface area contributed by atoms with Gasteiger partial charge in [-0.25, -0.2) is 8.42 Å². The second-order valence-electron chi connectivity index (χ2n) is 6.89. The smallest absolute Gasteiger partial charge is 0.244 e. The summed E-state index contributed by atoms with van der Waals surface area (Å²) < 4.78 is 32.0. The number of amides is 1. The van der Waals surface area contributed by atoms with Gasteiger partial charge in [0.1, 0.15) is 10.7 Å². The molecule has 2 aromatic heterocycles. The van der Waals surface area contributed by atoms with Crippen LogP contribution in [0.4, 0.5) is 0 Å². The van der Waals surface area contributed by atoms with E-state index in [1.807, 2.05) is 19.1 Å². The van der Waals surface area contributed by atoms with Gasteiger partial charge in [-0.05, 0) is 50.5 Å². The monoisotopic (exact) mass is 391 g/mol. The zero-order valence-corrected chi connectivity index (χ0v) is 16.2. The molecular weight excluding hydrogens is 366 g/mol. The normalized spacial score (nSPS) is 17.5. The molecule has 0 bridgehead atoms. The number of hydrogen-bond donors (Lipinski definition) is 1. The maximum Gasteiger partial charge on any atom is 0.244 e. The van der Waals surface area contributed by atoms with E-state index in [-0.39, 0.29) is 22.8 Å². The first-order valence-corrected chi connectivity index (χ1v) is 10.6. The van der Waals surface area contributed by atoms with Gasteiger partial charge in [-0.1, -0.05) is 0 Å². The highest BCUT2D eigenvalue weighted by molar-refractivity contribution is 7.89. The molecule has 8 heteroatoms. The van der Waals surface area contributed by atoms with Gasteiger partial charge in [0.2, 0.25) is 15.9 Å². The van der Waals surface area contributed by atoms with E-state index in [9.17, 15) is 13.2 Å². The van der Waals surface area contributed by atoms with Gasteiger partial charge in [-0.15, -0.1) is 0 Å². The van der Waals surface area contributed by atoms with Crippen LogP contribution in [0, 0.1) is 5.92 Å². The fourth-order valence-corrected chi connectivity index (χ4v) is 4.69. The number of aryl methyl sites for hydroxylation is 1. The van der Waals surface area contributed by atoms with Crippen molar-refractivity contribution in [3.8, 4) is 0 Å². The molecule has 1 unspecified atom stereocenters. The Morgan fingerprint density at radius 3 is 2.74 bits per heavy atom. The average molecular weight is 391 g/mol. The molecule has 1 aliphatic rings. The molecule has 1 aliphatic heterocycles. The summed E-state index contributed by atoms with van der Waals surface area (Å²) in [6.07, 6.45) is 7.17. The molecule has 1 fully saturated rings. The Morgan fingerprint density at radius 1 is 1.33 bits per heavy atom. The van der Waals surface area contributed by atoms with Crippen LogP contribution in [0.15, 0.2) is 52.2 Å². The maximum atomic E-state index is 12.6. The summed E-state index contributed by atoms with van der Waals surface area (Å²) in [4.78, 5) is 16.6. The molecule has 0 saturated carbocycles. The molecule has 0 spiro atoms. The van der Waals surface area contributed by atoms with Crippen molar-refractivity contribution in [3.05, 3.63) is 48.7 Å². The number of sulfonamides is 1. The largest absolute Gasteiger partial charge is 0.469 e. The molecule has 1 atom stereocenters. The van der Waals surface area contributed by atoms with Crippen LogP contribution in [0.2, 0.25) is 0 Å². The van der Waals surface area contributed by atoms with Crippen LogP contribution in [0.25, 0.3) is 0 Å². The highest BCUT2D eigenvalue weighted by Crippen LogP contribution is 2.23.